The van der Waals surface area contributed by atoms with Crippen molar-refractivity contribution in [2.75, 3.05) is 0 Å². The molecule has 9 heavy (non-hydrogen) atoms. The van der Waals surface area contributed by atoms with Crippen LogP contribution in [0.25, 0.3) is 0 Å². The molecule has 0 radical (unpaired) electrons. The molecule has 0 heterocycles. The smallest absolute Gasteiger partial charge is 1.00 e. The molecule has 0 aromatic carbocycles. The molecule has 0 aliphatic rings. The molecule has 0 saturated heterocycles. The van der Waals surface area contributed by atoms with Gasteiger partial charge in [-0.15, -0.1) is 0 Å². The van der Waals surface area contributed by atoms with Gasteiger partial charge < -0.3 is 1.43 Å². The minimum Gasteiger partial charge on any atom is -1.00 e. The predicted octanol–water partition coefficient (Wildman–Crippen LogP) is -3.10. The van der Waals surface area contributed by atoms with E-state index in [4.69, 9.17) is 4.55 Å². The van der Waals surface area contributed by atoms with Gasteiger partial charge in [0.1, 0.15) is 0 Å². The summed E-state index contributed by atoms with van der Waals surface area (Å²) in [6, 6.07) is -0.245. The maximum Gasteiger partial charge on any atom is 1.00 e. The first kappa shape index (κ1) is 13.1. The van der Waals surface area contributed by atoms with Crippen LogP contribution in [0.4, 0.5) is 0 Å². The molecule has 0 unspecified atom stereocenters. The van der Waals surface area contributed by atoms with Gasteiger partial charge in [0, 0.05) is 6.04 Å². The van der Waals surface area contributed by atoms with E-state index in [0.717, 1.165) is 0 Å². The van der Waals surface area contributed by atoms with Gasteiger partial charge in [0.25, 0.3) is 0 Å². The largest absolute Gasteiger partial charge is 1.00 e. The van der Waals surface area contributed by atoms with Gasteiger partial charge in [-0.05, 0) is 13.8 Å². The third kappa shape index (κ3) is 12.7. The molecule has 0 fully saturated rings. The average Bonchev–Trinajstić information content (AvgIpc) is 1.21. The second-order valence-corrected chi connectivity index (χ2v) is 2.93. The molecule has 0 atom stereocenters. The van der Waals surface area contributed by atoms with Crippen LogP contribution in [0.5, 0.6) is 0 Å². The van der Waals surface area contributed by atoms with Crippen molar-refractivity contribution in [2.24, 2.45) is 0 Å². The van der Waals surface area contributed by atoms with E-state index >= 15 is 0 Å². The first-order valence-electron chi connectivity index (χ1n) is 2.16. The molecular weight excluding hydrogens is 169 g/mol. The minimum atomic E-state index is -3.97. The molecular formula is C3H10KNO3S. The standard InChI is InChI=1S/C3H9NO3S.K.H/c1-3(2)4-8(5,6)7;;/h3-4H,1-2H3,(H,5,6,7);;/q;+1;-1. The molecule has 0 aliphatic heterocycles. The molecule has 0 bridgehead atoms. The molecule has 6 heteroatoms. The van der Waals surface area contributed by atoms with Crippen LogP contribution in [0.3, 0.4) is 0 Å². The summed E-state index contributed by atoms with van der Waals surface area (Å²) >= 11 is 0. The van der Waals surface area contributed by atoms with Crippen molar-refractivity contribution in [3.05, 3.63) is 0 Å². The quantitative estimate of drug-likeness (QED) is 0.349. The Morgan fingerprint density at radius 3 is 1.89 bits per heavy atom. The van der Waals surface area contributed by atoms with E-state index in [9.17, 15) is 8.42 Å². The molecule has 4 nitrogen and oxygen atoms in total. The monoisotopic (exact) mass is 179 g/mol. The number of hydrogen-bond acceptors (Lipinski definition) is 2. The summed E-state index contributed by atoms with van der Waals surface area (Å²) in [4.78, 5) is 0. The zero-order valence-electron chi connectivity index (χ0n) is 6.75. The normalized spacial score (nSPS) is 11.1. The van der Waals surface area contributed by atoms with Crippen molar-refractivity contribution in [3.8, 4) is 0 Å². The van der Waals surface area contributed by atoms with Crippen molar-refractivity contribution < 1.29 is 65.8 Å². The molecule has 0 aliphatic carbocycles. The van der Waals surface area contributed by atoms with Crippen molar-refractivity contribution in [3.63, 3.8) is 0 Å². The van der Waals surface area contributed by atoms with Gasteiger partial charge >= 0.3 is 61.7 Å². The fourth-order valence-corrected chi connectivity index (χ4v) is 0.894. The van der Waals surface area contributed by atoms with Gasteiger partial charge in [0.05, 0.1) is 0 Å². The Bertz CT molecular complexity index is 157. The Labute approximate surface area is 99.2 Å². The van der Waals surface area contributed by atoms with Crippen LogP contribution < -0.4 is 56.1 Å². The van der Waals surface area contributed by atoms with E-state index in [1.807, 2.05) is 4.72 Å². The summed E-state index contributed by atoms with van der Waals surface area (Å²) in [5.74, 6) is 0. The molecule has 2 N–H and O–H groups in total. The number of hydrogen-bond donors (Lipinski definition) is 2. The Morgan fingerprint density at radius 1 is 1.56 bits per heavy atom. The molecule has 0 aromatic heterocycles. The van der Waals surface area contributed by atoms with Gasteiger partial charge in [0.2, 0.25) is 0 Å². The SMILES string of the molecule is CC(C)NS(=O)(=O)O.[H-].[K+]. The average molecular weight is 179 g/mol. The van der Waals surface area contributed by atoms with Gasteiger partial charge in [-0.1, -0.05) is 0 Å². The predicted molar refractivity (Wildman–Crippen MR) is 30.9 cm³/mol. The summed E-state index contributed by atoms with van der Waals surface area (Å²) in [5, 5.41) is 0. The Balaban J connectivity index is -0.000000245. The Kier molecular flexibility index (Phi) is 7.57. The van der Waals surface area contributed by atoms with E-state index in [2.05, 4.69) is 0 Å². The van der Waals surface area contributed by atoms with Gasteiger partial charge in [-0.3, -0.25) is 4.55 Å². The maximum atomic E-state index is 9.89. The second-order valence-electron chi connectivity index (χ2n) is 1.75. The molecule has 0 amide bonds. The van der Waals surface area contributed by atoms with Crippen LogP contribution in [0, 0.1) is 0 Å². The van der Waals surface area contributed by atoms with Gasteiger partial charge in [-0.2, -0.15) is 13.1 Å². The van der Waals surface area contributed by atoms with E-state index in [1.54, 1.807) is 13.8 Å². The van der Waals surface area contributed by atoms with Crippen molar-refractivity contribution in [1.29, 1.82) is 0 Å². The summed E-state index contributed by atoms with van der Waals surface area (Å²) in [6.45, 7) is 3.24. The van der Waals surface area contributed by atoms with Crippen LogP contribution in [0.15, 0.2) is 0 Å². The van der Waals surface area contributed by atoms with E-state index in [1.165, 1.54) is 0 Å². The second kappa shape index (κ2) is 5.20. The first-order chi connectivity index (χ1) is 3.42. The zero-order valence-corrected chi connectivity index (χ0v) is 9.69. The molecule has 52 valence electrons. The van der Waals surface area contributed by atoms with Crippen LogP contribution in [-0.4, -0.2) is 19.0 Å². The fraction of sp³-hybridized carbons (Fsp3) is 1.00. The summed E-state index contributed by atoms with van der Waals surface area (Å²) in [7, 11) is -3.97. The number of rotatable bonds is 2. The van der Waals surface area contributed by atoms with E-state index in [-0.39, 0.29) is 58.9 Å². The van der Waals surface area contributed by atoms with Gasteiger partial charge in [0.15, 0.2) is 0 Å². The van der Waals surface area contributed by atoms with Gasteiger partial charge in [-0.25, -0.2) is 0 Å². The zero-order chi connectivity index (χ0) is 6.78. The first-order valence-corrected chi connectivity index (χ1v) is 3.60. The molecule has 0 rings (SSSR count). The molecule has 0 aromatic rings. The topological polar surface area (TPSA) is 66.4 Å². The molecule has 0 spiro atoms. The summed E-state index contributed by atoms with van der Waals surface area (Å²) in [6.07, 6.45) is 0. The number of nitrogens with one attached hydrogen (secondary N) is 1. The van der Waals surface area contributed by atoms with Crippen molar-refractivity contribution >= 4 is 10.3 Å². The van der Waals surface area contributed by atoms with Crippen LogP contribution in [0.2, 0.25) is 0 Å². The Morgan fingerprint density at radius 2 is 1.89 bits per heavy atom. The summed E-state index contributed by atoms with van der Waals surface area (Å²) in [5.41, 5.74) is 0. The van der Waals surface area contributed by atoms with Crippen LogP contribution in [-0.2, 0) is 10.3 Å². The van der Waals surface area contributed by atoms with E-state index in [0.29, 0.717) is 0 Å². The Hall–Kier alpha value is 1.51. The third-order valence-electron chi connectivity index (χ3n) is 0.385. The van der Waals surface area contributed by atoms with Crippen LogP contribution >= 0.6 is 0 Å². The minimum absolute atomic E-state index is 0. The summed E-state index contributed by atoms with van der Waals surface area (Å²) < 4.78 is 29.7. The van der Waals surface area contributed by atoms with Crippen LogP contribution in [0.1, 0.15) is 15.3 Å². The van der Waals surface area contributed by atoms with Crippen molar-refractivity contribution in [2.45, 2.75) is 19.9 Å². The maximum absolute atomic E-state index is 9.89. The van der Waals surface area contributed by atoms with Crippen molar-refractivity contribution in [1.82, 2.24) is 4.72 Å². The van der Waals surface area contributed by atoms with E-state index < -0.39 is 10.3 Å². The molecule has 0 saturated carbocycles. The third-order valence-corrected chi connectivity index (χ3v) is 1.15. The fourth-order valence-electron chi connectivity index (χ4n) is 0.298.